The maximum atomic E-state index is 11.8. The second kappa shape index (κ2) is 9.82. The molecule has 0 saturated carbocycles. The first-order chi connectivity index (χ1) is 11.6. The minimum absolute atomic E-state index is 0.0310. The fourth-order valence-corrected chi connectivity index (χ4v) is 3.63. The van der Waals surface area contributed by atoms with E-state index in [1.807, 2.05) is 31.2 Å². The summed E-state index contributed by atoms with van der Waals surface area (Å²) < 4.78 is 5.64. The Morgan fingerprint density at radius 3 is 2.54 bits per heavy atom. The lowest BCUT2D eigenvalue weighted by Crippen LogP contribution is -2.29. The summed E-state index contributed by atoms with van der Waals surface area (Å²) in [6.45, 7) is 2.91. The highest BCUT2D eigenvalue weighted by atomic mass is 35.5. The zero-order chi connectivity index (χ0) is 17.4. The normalized spacial score (nSPS) is 10.5. The summed E-state index contributed by atoms with van der Waals surface area (Å²) in [4.78, 5) is 11.8. The van der Waals surface area contributed by atoms with Gasteiger partial charge in [-0.2, -0.15) is 0 Å². The van der Waals surface area contributed by atoms with Gasteiger partial charge in [0, 0.05) is 15.8 Å². The highest BCUT2D eigenvalue weighted by molar-refractivity contribution is 7.99. The van der Waals surface area contributed by atoms with Crippen LogP contribution in [-0.2, 0) is 10.5 Å². The average Bonchev–Trinajstić information content (AvgIpc) is 2.56. The first kappa shape index (κ1) is 19.0. The highest BCUT2D eigenvalue weighted by Crippen LogP contribution is 2.28. The van der Waals surface area contributed by atoms with Gasteiger partial charge in [0.1, 0.15) is 12.4 Å². The third-order valence-corrected chi connectivity index (χ3v) is 4.98. The van der Waals surface area contributed by atoms with Gasteiger partial charge in [-0.15, -0.1) is 11.8 Å². The number of ether oxygens (including phenoxy) is 1. The predicted molar refractivity (Wildman–Crippen MR) is 102 cm³/mol. The summed E-state index contributed by atoms with van der Waals surface area (Å²) in [7, 11) is 0. The van der Waals surface area contributed by atoms with Crippen LogP contribution in [0.25, 0.3) is 0 Å². The van der Waals surface area contributed by atoms with Crippen molar-refractivity contribution in [2.45, 2.75) is 12.7 Å². The van der Waals surface area contributed by atoms with E-state index in [0.717, 1.165) is 16.9 Å². The predicted octanol–water partition coefficient (Wildman–Crippen LogP) is 4.73. The molecule has 2 aromatic rings. The van der Waals surface area contributed by atoms with Crippen LogP contribution in [0.2, 0.25) is 10.0 Å². The van der Waals surface area contributed by atoms with Gasteiger partial charge in [-0.25, -0.2) is 0 Å². The zero-order valence-electron chi connectivity index (χ0n) is 13.4. The minimum Gasteiger partial charge on any atom is -0.491 e. The number of thioether (sulfide) groups is 1. The Morgan fingerprint density at radius 1 is 1.12 bits per heavy atom. The summed E-state index contributed by atoms with van der Waals surface area (Å²) in [5.41, 5.74) is 1.94. The van der Waals surface area contributed by atoms with Crippen LogP contribution in [0.5, 0.6) is 5.75 Å². The van der Waals surface area contributed by atoms with Crippen molar-refractivity contribution >= 4 is 40.9 Å². The molecule has 2 rings (SSSR count). The molecule has 24 heavy (non-hydrogen) atoms. The molecule has 6 heteroatoms. The molecule has 0 unspecified atom stereocenters. The Bertz CT molecular complexity index is 674. The average molecular weight is 384 g/mol. The Labute approximate surface area is 156 Å². The standard InChI is InChI=1S/C18H19Cl2NO2S/c1-13-5-2-3-8-17(13)23-10-9-21-18(22)12-24-11-14-15(19)6-4-7-16(14)20/h2-8H,9-12H2,1H3,(H,21,22). The molecule has 128 valence electrons. The van der Waals surface area contributed by atoms with Crippen LogP contribution >= 0.6 is 35.0 Å². The van der Waals surface area contributed by atoms with Crippen molar-refractivity contribution in [3.63, 3.8) is 0 Å². The van der Waals surface area contributed by atoms with Crippen molar-refractivity contribution < 1.29 is 9.53 Å². The molecule has 1 amide bonds. The molecule has 2 aromatic carbocycles. The monoisotopic (exact) mass is 383 g/mol. The second-order valence-corrected chi connectivity index (χ2v) is 6.96. The van der Waals surface area contributed by atoms with Crippen LogP contribution in [0.1, 0.15) is 11.1 Å². The van der Waals surface area contributed by atoms with Gasteiger partial charge in [0.05, 0.1) is 12.3 Å². The highest BCUT2D eigenvalue weighted by Gasteiger charge is 2.07. The van der Waals surface area contributed by atoms with Gasteiger partial charge in [0.25, 0.3) is 0 Å². The SMILES string of the molecule is Cc1ccccc1OCCNC(=O)CSCc1c(Cl)cccc1Cl. The number of carbonyl (C=O) groups excluding carboxylic acids is 1. The molecule has 0 saturated heterocycles. The van der Waals surface area contributed by atoms with Crippen LogP contribution in [0, 0.1) is 6.92 Å². The number of halogens is 2. The van der Waals surface area contributed by atoms with Gasteiger partial charge in [-0.3, -0.25) is 4.79 Å². The number of carbonyl (C=O) groups is 1. The van der Waals surface area contributed by atoms with E-state index in [-0.39, 0.29) is 5.91 Å². The van der Waals surface area contributed by atoms with Gasteiger partial charge < -0.3 is 10.1 Å². The smallest absolute Gasteiger partial charge is 0.230 e. The molecule has 1 N–H and O–H groups in total. The third kappa shape index (κ3) is 5.93. The van der Waals surface area contributed by atoms with E-state index in [9.17, 15) is 4.79 Å². The Morgan fingerprint density at radius 2 is 1.83 bits per heavy atom. The molecule has 0 aliphatic carbocycles. The van der Waals surface area contributed by atoms with Gasteiger partial charge in [-0.1, -0.05) is 47.5 Å². The lowest BCUT2D eigenvalue weighted by atomic mass is 10.2. The molecule has 3 nitrogen and oxygen atoms in total. The van der Waals surface area contributed by atoms with Crippen molar-refractivity contribution in [1.29, 1.82) is 0 Å². The number of rotatable bonds is 8. The quantitative estimate of drug-likeness (QED) is 0.669. The minimum atomic E-state index is -0.0310. The van der Waals surface area contributed by atoms with E-state index in [1.54, 1.807) is 18.2 Å². The molecule has 0 aromatic heterocycles. The van der Waals surface area contributed by atoms with Crippen LogP contribution in [-0.4, -0.2) is 24.8 Å². The first-order valence-corrected chi connectivity index (χ1v) is 9.44. The summed E-state index contributed by atoms with van der Waals surface area (Å²) >= 11 is 13.7. The molecule has 0 radical (unpaired) electrons. The number of nitrogens with one attached hydrogen (secondary N) is 1. The van der Waals surface area contributed by atoms with Crippen LogP contribution < -0.4 is 10.1 Å². The van der Waals surface area contributed by atoms with Gasteiger partial charge in [-0.05, 0) is 36.2 Å². The van der Waals surface area contributed by atoms with E-state index < -0.39 is 0 Å². The van der Waals surface area contributed by atoms with Crippen molar-refractivity contribution in [3.05, 3.63) is 63.6 Å². The summed E-state index contributed by atoms with van der Waals surface area (Å²) in [6, 6.07) is 13.2. The number of benzene rings is 2. The van der Waals surface area contributed by atoms with Gasteiger partial charge >= 0.3 is 0 Å². The lowest BCUT2D eigenvalue weighted by molar-refractivity contribution is -0.118. The van der Waals surface area contributed by atoms with Gasteiger partial charge in [0.2, 0.25) is 5.91 Å². The van der Waals surface area contributed by atoms with E-state index in [0.29, 0.717) is 34.7 Å². The maximum absolute atomic E-state index is 11.8. The van der Waals surface area contributed by atoms with Gasteiger partial charge in [0.15, 0.2) is 0 Å². The van der Waals surface area contributed by atoms with Crippen molar-refractivity contribution in [2.24, 2.45) is 0 Å². The fraction of sp³-hybridized carbons (Fsp3) is 0.278. The molecule has 0 spiro atoms. The molecule has 0 bridgehead atoms. The van der Waals surface area contributed by atoms with Crippen molar-refractivity contribution in [1.82, 2.24) is 5.32 Å². The van der Waals surface area contributed by atoms with E-state index in [1.165, 1.54) is 11.8 Å². The van der Waals surface area contributed by atoms with Crippen LogP contribution in [0.3, 0.4) is 0 Å². The lowest BCUT2D eigenvalue weighted by Gasteiger charge is -2.10. The Kier molecular flexibility index (Phi) is 7.76. The molecule has 0 fully saturated rings. The molecule has 0 aliphatic heterocycles. The largest absolute Gasteiger partial charge is 0.491 e. The van der Waals surface area contributed by atoms with E-state index in [2.05, 4.69) is 5.32 Å². The summed E-state index contributed by atoms with van der Waals surface area (Å²) in [5.74, 6) is 1.77. The third-order valence-electron chi connectivity index (χ3n) is 3.32. The topological polar surface area (TPSA) is 38.3 Å². The number of aryl methyl sites for hydroxylation is 1. The van der Waals surface area contributed by atoms with Crippen molar-refractivity contribution in [2.75, 3.05) is 18.9 Å². The number of hydrogen-bond donors (Lipinski definition) is 1. The first-order valence-electron chi connectivity index (χ1n) is 7.53. The Hall–Kier alpha value is -1.36. The van der Waals surface area contributed by atoms with E-state index in [4.69, 9.17) is 27.9 Å². The van der Waals surface area contributed by atoms with E-state index >= 15 is 0 Å². The van der Waals surface area contributed by atoms with Crippen LogP contribution in [0.15, 0.2) is 42.5 Å². The number of amides is 1. The van der Waals surface area contributed by atoms with Crippen molar-refractivity contribution in [3.8, 4) is 5.75 Å². The molecular weight excluding hydrogens is 365 g/mol. The maximum Gasteiger partial charge on any atom is 0.230 e. The Balaban J connectivity index is 1.64. The molecule has 0 aliphatic rings. The van der Waals surface area contributed by atoms with Crippen LogP contribution in [0.4, 0.5) is 0 Å². The summed E-state index contributed by atoms with van der Waals surface area (Å²) in [6.07, 6.45) is 0. The zero-order valence-corrected chi connectivity index (χ0v) is 15.7. The molecular formula is C18H19Cl2NO2S. The fourth-order valence-electron chi connectivity index (χ4n) is 2.04. The molecule has 0 atom stereocenters. The number of para-hydroxylation sites is 1. The molecule has 0 heterocycles. The summed E-state index contributed by atoms with van der Waals surface area (Å²) in [5, 5.41) is 4.09. The number of hydrogen-bond acceptors (Lipinski definition) is 3. The second-order valence-electron chi connectivity index (χ2n) is 5.16.